The fraction of sp³-hybridized carbons (Fsp3) is 0.333. The highest BCUT2D eigenvalue weighted by molar-refractivity contribution is 8.58. The Balaban J connectivity index is 2.17. The summed E-state index contributed by atoms with van der Waals surface area (Å²) in [5, 5.41) is 1.54. The minimum atomic E-state index is 0.0260. The van der Waals surface area contributed by atoms with Crippen LogP contribution in [-0.4, -0.2) is 11.9 Å². The Kier molecular flexibility index (Phi) is 3.30. The van der Waals surface area contributed by atoms with E-state index in [1.54, 1.807) is 16.5 Å². The van der Waals surface area contributed by atoms with Crippen molar-refractivity contribution in [3.05, 3.63) is 41.5 Å². The van der Waals surface area contributed by atoms with E-state index in [0.717, 1.165) is 0 Å². The first-order valence-corrected chi connectivity index (χ1v) is 8.00. The first kappa shape index (κ1) is 10.3. The van der Waals surface area contributed by atoms with Gasteiger partial charge in [-0.05, 0) is 26.3 Å². The third-order valence-corrected chi connectivity index (χ3v) is 7.44. The van der Waals surface area contributed by atoms with Crippen LogP contribution in [0.3, 0.4) is 0 Å². The quantitative estimate of drug-likeness (QED) is 0.514. The van der Waals surface area contributed by atoms with Crippen LogP contribution in [0.4, 0.5) is 0 Å². The van der Waals surface area contributed by atoms with Gasteiger partial charge in [0.05, 0.1) is 0 Å². The van der Waals surface area contributed by atoms with Gasteiger partial charge in [-0.3, -0.25) is 0 Å². The lowest BCUT2D eigenvalue weighted by Gasteiger charge is -2.24. The van der Waals surface area contributed by atoms with E-state index in [9.17, 15) is 0 Å². The second-order valence-corrected chi connectivity index (χ2v) is 7.94. The van der Waals surface area contributed by atoms with Crippen LogP contribution >= 0.6 is 18.5 Å². The van der Waals surface area contributed by atoms with Crippen molar-refractivity contribution in [3.63, 3.8) is 0 Å². The van der Waals surface area contributed by atoms with Crippen molar-refractivity contribution in [1.29, 1.82) is 0 Å². The molecule has 2 rings (SSSR count). The third-order valence-electron chi connectivity index (χ3n) is 2.59. The standard InChI is InChI=1S/C12H15PS/c1-10-8-13(14-9-11(10)2)12-6-4-3-5-7-12/h3-7H,8-9H2,1-2H3. The summed E-state index contributed by atoms with van der Waals surface area (Å²) in [6.45, 7) is 4.55. The Morgan fingerprint density at radius 2 is 1.79 bits per heavy atom. The molecule has 1 aliphatic rings. The molecule has 1 atom stereocenters. The van der Waals surface area contributed by atoms with Gasteiger partial charge in [-0.2, -0.15) is 0 Å². The molecule has 0 aromatic heterocycles. The molecule has 0 bridgehead atoms. The molecule has 0 saturated heterocycles. The van der Waals surface area contributed by atoms with Crippen molar-refractivity contribution < 1.29 is 0 Å². The number of benzene rings is 1. The van der Waals surface area contributed by atoms with Gasteiger partial charge in [0, 0.05) is 11.9 Å². The lowest BCUT2D eigenvalue weighted by molar-refractivity contribution is 1.24. The normalized spacial score (nSPS) is 22.6. The molecule has 0 spiro atoms. The van der Waals surface area contributed by atoms with Crippen LogP contribution in [0.15, 0.2) is 41.5 Å². The summed E-state index contributed by atoms with van der Waals surface area (Å²) in [6, 6.07) is 10.9. The Morgan fingerprint density at radius 1 is 1.07 bits per heavy atom. The highest BCUT2D eigenvalue weighted by atomic mass is 32.7. The van der Waals surface area contributed by atoms with E-state index in [4.69, 9.17) is 0 Å². The van der Waals surface area contributed by atoms with Crippen molar-refractivity contribution in [2.75, 3.05) is 11.9 Å². The Hall–Kier alpha value is -0.260. The van der Waals surface area contributed by atoms with Crippen LogP contribution in [0.1, 0.15) is 13.8 Å². The first-order valence-electron chi connectivity index (χ1n) is 4.88. The molecule has 0 saturated carbocycles. The summed E-state index contributed by atoms with van der Waals surface area (Å²) in [5.41, 5.74) is 3.20. The molecular formula is C12H15PS. The Morgan fingerprint density at radius 3 is 2.43 bits per heavy atom. The molecule has 74 valence electrons. The fourth-order valence-corrected chi connectivity index (χ4v) is 6.39. The fourth-order valence-electron chi connectivity index (χ4n) is 1.45. The van der Waals surface area contributed by atoms with Gasteiger partial charge in [0.1, 0.15) is 0 Å². The molecule has 0 aliphatic carbocycles. The average molecular weight is 222 g/mol. The maximum atomic E-state index is 2.29. The van der Waals surface area contributed by atoms with Gasteiger partial charge in [-0.15, -0.1) is 11.4 Å². The van der Waals surface area contributed by atoms with Crippen LogP contribution in [0.25, 0.3) is 0 Å². The van der Waals surface area contributed by atoms with Gasteiger partial charge >= 0.3 is 0 Å². The molecule has 1 aliphatic heterocycles. The summed E-state index contributed by atoms with van der Waals surface area (Å²) < 4.78 is 0. The summed E-state index contributed by atoms with van der Waals surface area (Å²) in [7, 11) is 0.0260. The SMILES string of the molecule is CC1=C(C)CP(c2ccccc2)SC1. The lowest BCUT2D eigenvalue weighted by Crippen LogP contribution is -2.07. The van der Waals surface area contributed by atoms with Crippen LogP contribution in [-0.2, 0) is 0 Å². The van der Waals surface area contributed by atoms with Crippen LogP contribution in [0, 0.1) is 0 Å². The molecule has 14 heavy (non-hydrogen) atoms. The second kappa shape index (κ2) is 4.51. The van der Waals surface area contributed by atoms with E-state index in [1.807, 2.05) is 0 Å². The maximum Gasteiger partial charge on any atom is 0.0188 e. The van der Waals surface area contributed by atoms with E-state index < -0.39 is 0 Å². The largest absolute Gasteiger partial charge is 0.125 e. The lowest BCUT2D eigenvalue weighted by atomic mass is 10.2. The van der Waals surface area contributed by atoms with Crippen LogP contribution in [0.2, 0.25) is 0 Å². The zero-order valence-corrected chi connectivity index (χ0v) is 10.4. The highest BCUT2D eigenvalue weighted by Gasteiger charge is 2.17. The number of hydrogen-bond acceptors (Lipinski definition) is 1. The summed E-state index contributed by atoms with van der Waals surface area (Å²) in [6.07, 6.45) is 1.29. The van der Waals surface area contributed by atoms with Crippen LogP contribution < -0.4 is 5.30 Å². The second-order valence-electron chi connectivity index (χ2n) is 3.71. The van der Waals surface area contributed by atoms with Gasteiger partial charge in [0.25, 0.3) is 0 Å². The highest BCUT2D eigenvalue weighted by Crippen LogP contribution is 2.53. The minimum absolute atomic E-state index is 0.0260. The topological polar surface area (TPSA) is 0 Å². The summed E-state index contributed by atoms with van der Waals surface area (Å²) in [5.74, 6) is 1.23. The van der Waals surface area contributed by atoms with E-state index in [0.29, 0.717) is 0 Å². The number of rotatable bonds is 1. The van der Waals surface area contributed by atoms with Gasteiger partial charge in [-0.25, -0.2) is 0 Å². The predicted octanol–water partition coefficient (Wildman–Crippen LogP) is 3.79. The van der Waals surface area contributed by atoms with Crippen molar-refractivity contribution >= 4 is 23.8 Å². The van der Waals surface area contributed by atoms with Gasteiger partial charge < -0.3 is 0 Å². The van der Waals surface area contributed by atoms with E-state index in [2.05, 4.69) is 55.6 Å². The molecule has 0 fully saturated rings. The van der Waals surface area contributed by atoms with Gasteiger partial charge in [0.2, 0.25) is 0 Å². The van der Waals surface area contributed by atoms with Crippen LogP contribution in [0.5, 0.6) is 0 Å². The predicted molar refractivity (Wildman–Crippen MR) is 68.7 cm³/mol. The Bertz CT molecular complexity index is 343. The van der Waals surface area contributed by atoms with Crippen molar-refractivity contribution in [2.45, 2.75) is 13.8 Å². The number of hydrogen-bond donors (Lipinski definition) is 0. The molecule has 2 heteroatoms. The molecule has 1 unspecified atom stereocenters. The van der Waals surface area contributed by atoms with Crippen molar-refractivity contribution in [2.24, 2.45) is 0 Å². The smallest absolute Gasteiger partial charge is 0.0188 e. The third kappa shape index (κ3) is 2.21. The zero-order valence-electron chi connectivity index (χ0n) is 8.66. The maximum absolute atomic E-state index is 2.29. The summed E-state index contributed by atoms with van der Waals surface area (Å²) >= 11 is 2.14. The molecule has 1 heterocycles. The molecule has 0 nitrogen and oxygen atoms in total. The van der Waals surface area contributed by atoms with Crippen molar-refractivity contribution in [1.82, 2.24) is 0 Å². The average Bonchev–Trinajstić information content (AvgIpc) is 2.23. The monoisotopic (exact) mass is 222 g/mol. The molecule has 0 amide bonds. The number of allylic oxidation sites excluding steroid dienone is 1. The van der Waals surface area contributed by atoms with Gasteiger partial charge in [-0.1, -0.05) is 41.5 Å². The molecule has 0 N–H and O–H groups in total. The molecule has 0 radical (unpaired) electrons. The minimum Gasteiger partial charge on any atom is -0.125 e. The van der Waals surface area contributed by atoms with Crippen molar-refractivity contribution in [3.8, 4) is 0 Å². The molecule has 1 aromatic carbocycles. The molecule has 1 aromatic rings. The molecular weight excluding hydrogens is 207 g/mol. The van der Waals surface area contributed by atoms with E-state index in [1.165, 1.54) is 11.9 Å². The zero-order chi connectivity index (χ0) is 9.97. The van der Waals surface area contributed by atoms with E-state index >= 15 is 0 Å². The first-order chi connectivity index (χ1) is 6.77. The van der Waals surface area contributed by atoms with Gasteiger partial charge in [0.15, 0.2) is 0 Å². The van der Waals surface area contributed by atoms with E-state index in [-0.39, 0.29) is 7.12 Å². The Labute approximate surface area is 91.3 Å². The summed E-state index contributed by atoms with van der Waals surface area (Å²) in [4.78, 5) is 0.